The van der Waals surface area contributed by atoms with Gasteiger partial charge in [0, 0.05) is 0 Å². The highest BCUT2D eigenvalue weighted by Gasteiger charge is 2.07. The second kappa shape index (κ2) is 18.4. The lowest BCUT2D eigenvalue weighted by Crippen LogP contribution is -2.15. The van der Waals surface area contributed by atoms with Gasteiger partial charge in [-0.1, -0.05) is 90.9 Å². The quantitative estimate of drug-likeness (QED) is 0.239. The molecule has 130 valence electrons. The fraction of sp³-hybridized carbons (Fsp3) is 0.900. The summed E-state index contributed by atoms with van der Waals surface area (Å²) in [5.74, 6) is 0. The Morgan fingerprint density at radius 1 is 0.727 bits per heavy atom. The summed E-state index contributed by atoms with van der Waals surface area (Å²) in [4.78, 5) is 0. The lowest BCUT2D eigenvalue weighted by Gasteiger charge is -2.16. The van der Waals surface area contributed by atoms with Gasteiger partial charge < -0.3 is 9.47 Å². The Bertz CT molecular complexity index is 245. The lowest BCUT2D eigenvalue weighted by atomic mass is 10.0. The molecule has 0 bridgehead atoms. The molecular weight excluding hydrogens is 272 g/mol. The molecule has 0 aliphatic heterocycles. The minimum absolute atomic E-state index is 0.389. The van der Waals surface area contributed by atoms with Crippen LogP contribution in [-0.4, -0.2) is 19.3 Å². The van der Waals surface area contributed by atoms with Crippen molar-refractivity contribution < 1.29 is 9.47 Å². The molecule has 0 aromatic heterocycles. The van der Waals surface area contributed by atoms with Gasteiger partial charge in [0.05, 0.1) is 12.7 Å². The average Bonchev–Trinajstić information content (AvgIpc) is 2.53. The van der Waals surface area contributed by atoms with Crippen LogP contribution in [0.15, 0.2) is 0 Å². The monoisotopic (exact) mass is 310 g/mol. The third kappa shape index (κ3) is 15.7. The standard InChI is InChI=1S/C20H38O2/c1-4-7-8-9-10-11-12-13-14-15-17-20(16-5-2)22-19-18-21-6-3/h3,20H,4-5,7-19H2,1-2H3. The van der Waals surface area contributed by atoms with Gasteiger partial charge in [-0.2, -0.15) is 0 Å². The van der Waals surface area contributed by atoms with Crippen LogP contribution in [-0.2, 0) is 9.47 Å². The van der Waals surface area contributed by atoms with Gasteiger partial charge in [0.15, 0.2) is 0 Å². The van der Waals surface area contributed by atoms with Crippen molar-refractivity contribution in [3.8, 4) is 12.5 Å². The van der Waals surface area contributed by atoms with Crippen LogP contribution in [0, 0.1) is 12.5 Å². The molecule has 2 nitrogen and oxygen atoms in total. The molecule has 0 radical (unpaired) electrons. The number of hydrogen-bond acceptors (Lipinski definition) is 2. The fourth-order valence-electron chi connectivity index (χ4n) is 2.81. The van der Waals surface area contributed by atoms with E-state index in [1.54, 1.807) is 0 Å². The molecule has 0 N–H and O–H groups in total. The molecule has 0 aromatic carbocycles. The molecule has 0 aliphatic rings. The second-order valence-corrected chi connectivity index (χ2v) is 6.22. The Kier molecular flexibility index (Phi) is 17.8. The Hall–Kier alpha value is -0.680. The first kappa shape index (κ1) is 21.3. The van der Waals surface area contributed by atoms with Crippen molar-refractivity contribution in [1.82, 2.24) is 0 Å². The normalized spacial score (nSPS) is 12.0. The average molecular weight is 311 g/mol. The van der Waals surface area contributed by atoms with E-state index in [0.29, 0.717) is 19.3 Å². The minimum Gasteiger partial charge on any atom is -0.444 e. The van der Waals surface area contributed by atoms with E-state index in [9.17, 15) is 0 Å². The van der Waals surface area contributed by atoms with Crippen LogP contribution in [0.1, 0.15) is 97.3 Å². The van der Waals surface area contributed by atoms with Crippen LogP contribution >= 0.6 is 0 Å². The van der Waals surface area contributed by atoms with Crippen LogP contribution in [0.5, 0.6) is 0 Å². The summed E-state index contributed by atoms with van der Waals surface area (Å²) in [6.45, 7) is 5.62. The van der Waals surface area contributed by atoms with Gasteiger partial charge >= 0.3 is 0 Å². The largest absolute Gasteiger partial charge is 0.444 e. The highest BCUT2D eigenvalue weighted by molar-refractivity contribution is 4.68. The SMILES string of the molecule is C#COCCOC(CCC)CCCCCCCCCCCC. The first-order valence-electron chi connectivity index (χ1n) is 9.54. The maximum Gasteiger partial charge on any atom is 0.123 e. The van der Waals surface area contributed by atoms with Crippen LogP contribution < -0.4 is 0 Å². The van der Waals surface area contributed by atoms with Gasteiger partial charge in [-0.15, -0.1) is 0 Å². The molecule has 1 atom stereocenters. The molecule has 0 aromatic rings. The van der Waals surface area contributed by atoms with Crippen molar-refractivity contribution in [2.75, 3.05) is 13.2 Å². The molecule has 2 heteroatoms. The predicted octanol–water partition coefficient (Wildman–Crippen LogP) is 6.09. The van der Waals surface area contributed by atoms with Crippen LogP contribution in [0.2, 0.25) is 0 Å². The van der Waals surface area contributed by atoms with Gasteiger partial charge in [0.1, 0.15) is 12.7 Å². The Balaban J connectivity index is 3.38. The van der Waals surface area contributed by atoms with Crippen molar-refractivity contribution in [2.24, 2.45) is 0 Å². The number of terminal acetylenes is 1. The van der Waals surface area contributed by atoms with Gasteiger partial charge in [0.25, 0.3) is 0 Å². The maximum absolute atomic E-state index is 5.85. The molecule has 0 heterocycles. The maximum atomic E-state index is 5.85. The number of unbranched alkanes of at least 4 members (excludes halogenated alkanes) is 9. The van der Waals surface area contributed by atoms with Crippen LogP contribution in [0.4, 0.5) is 0 Å². The molecule has 22 heavy (non-hydrogen) atoms. The fourth-order valence-corrected chi connectivity index (χ4v) is 2.81. The molecule has 0 saturated heterocycles. The first-order chi connectivity index (χ1) is 10.8. The summed E-state index contributed by atoms with van der Waals surface area (Å²) in [7, 11) is 0. The molecular formula is C20H38O2. The summed E-state index contributed by atoms with van der Waals surface area (Å²) in [5.41, 5.74) is 0. The third-order valence-corrected chi connectivity index (χ3v) is 4.11. The smallest absolute Gasteiger partial charge is 0.123 e. The number of hydrogen-bond donors (Lipinski definition) is 0. The summed E-state index contributed by atoms with van der Waals surface area (Å²) in [5, 5.41) is 0. The lowest BCUT2D eigenvalue weighted by molar-refractivity contribution is 0.0175. The summed E-state index contributed by atoms with van der Waals surface area (Å²) in [6.07, 6.45) is 25.0. The summed E-state index contributed by atoms with van der Waals surface area (Å²) >= 11 is 0. The van der Waals surface area contributed by atoms with E-state index in [1.807, 2.05) is 0 Å². The van der Waals surface area contributed by atoms with E-state index in [2.05, 4.69) is 20.0 Å². The summed E-state index contributed by atoms with van der Waals surface area (Å²) in [6, 6.07) is 0. The molecule has 0 fully saturated rings. The zero-order valence-corrected chi connectivity index (χ0v) is 15.1. The van der Waals surface area contributed by atoms with Crippen molar-refractivity contribution >= 4 is 0 Å². The number of ether oxygens (including phenoxy) is 2. The summed E-state index contributed by atoms with van der Waals surface area (Å²) < 4.78 is 10.7. The minimum atomic E-state index is 0.389. The van der Waals surface area contributed by atoms with E-state index in [0.717, 1.165) is 6.42 Å². The van der Waals surface area contributed by atoms with Crippen molar-refractivity contribution in [2.45, 2.75) is 103 Å². The van der Waals surface area contributed by atoms with E-state index >= 15 is 0 Å². The van der Waals surface area contributed by atoms with Crippen molar-refractivity contribution in [3.63, 3.8) is 0 Å². The van der Waals surface area contributed by atoms with Crippen molar-refractivity contribution in [1.29, 1.82) is 0 Å². The van der Waals surface area contributed by atoms with Gasteiger partial charge in [0.2, 0.25) is 0 Å². The van der Waals surface area contributed by atoms with Crippen LogP contribution in [0.25, 0.3) is 0 Å². The Morgan fingerprint density at radius 3 is 1.86 bits per heavy atom. The first-order valence-corrected chi connectivity index (χ1v) is 9.54. The highest BCUT2D eigenvalue weighted by Crippen LogP contribution is 2.15. The topological polar surface area (TPSA) is 18.5 Å². The van der Waals surface area contributed by atoms with E-state index in [4.69, 9.17) is 15.9 Å². The molecule has 0 aliphatic carbocycles. The predicted molar refractivity (Wildman–Crippen MR) is 95.9 cm³/mol. The van der Waals surface area contributed by atoms with Gasteiger partial charge in [-0.05, 0) is 12.8 Å². The zero-order valence-electron chi connectivity index (χ0n) is 15.1. The molecule has 0 saturated carbocycles. The Morgan fingerprint density at radius 2 is 1.32 bits per heavy atom. The van der Waals surface area contributed by atoms with Gasteiger partial charge in [-0.25, -0.2) is 0 Å². The van der Waals surface area contributed by atoms with Crippen LogP contribution in [0.3, 0.4) is 0 Å². The molecule has 0 amide bonds. The highest BCUT2D eigenvalue weighted by atomic mass is 16.5. The molecule has 0 spiro atoms. The Labute approximate surface area is 139 Å². The van der Waals surface area contributed by atoms with Gasteiger partial charge in [-0.3, -0.25) is 0 Å². The van der Waals surface area contributed by atoms with Crippen molar-refractivity contribution in [3.05, 3.63) is 0 Å². The van der Waals surface area contributed by atoms with E-state index in [-0.39, 0.29) is 0 Å². The third-order valence-electron chi connectivity index (χ3n) is 4.11. The zero-order chi connectivity index (χ0) is 16.3. The second-order valence-electron chi connectivity index (χ2n) is 6.22. The number of rotatable bonds is 17. The molecule has 1 unspecified atom stereocenters. The van der Waals surface area contributed by atoms with E-state index in [1.165, 1.54) is 77.0 Å². The molecule has 0 rings (SSSR count). The van der Waals surface area contributed by atoms with E-state index < -0.39 is 0 Å².